The van der Waals surface area contributed by atoms with E-state index in [0.717, 1.165) is 12.0 Å². The molecule has 0 bridgehead atoms. The summed E-state index contributed by atoms with van der Waals surface area (Å²) in [5.41, 5.74) is 2.02. The topological polar surface area (TPSA) is 18.5 Å². The molecule has 2 aromatic rings. The minimum atomic E-state index is -0.860. The van der Waals surface area contributed by atoms with Crippen molar-refractivity contribution in [2.24, 2.45) is 0 Å². The van der Waals surface area contributed by atoms with Gasteiger partial charge in [-0.2, -0.15) is 0 Å². The first-order chi connectivity index (χ1) is 10.6. The van der Waals surface area contributed by atoms with Gasteiger partial charge in [0.1, 0.15) is 0 Å². The van der Waals surface area contributed by atoms with E-state index in [9.17, 15) is 0 Å². The van der Waals surface area contributed by atoms with E-state index in [4.69, 9.17) is 32.7 Å². The lowest BCUT2D eigenvalue weighted by Gasteiger charge is -2.27. The van der Waals surface area contributed by atoms with Crippen molar-refractivity contribution in [3.8, 4) is 0 Å². The molecule has 2 nitrogen and oxygen atoms in total. The van der Waals surface area contributed by atoms with Crippen molar-refractivity contribution in [1.82, 2.24) is 0 Å². The summed E-state index contributed by atoms with van der Waals surface area (Å²) in [5.74, 6) is -0.860. The maximum absolute atomic E-state index is 6.32. The molecule has 1 heterocycles. The van der Waals surface area contributed by atoms with Crippen LogP contribution in [0.25, 0.3) is 0 Å². The highest BCUT2D eigenvalue weighted by Gasteiger charge is 2.43. The van der Waals surface area contributed by atoms with Gasteiger partial charge in [-0.1, -0.05) is 75.5 Å². The number of rotatable bonds is 4. The first-order valence-corrected chi connectivity index (χ1v) is 8.88. The molecular formula is C17H15BrCl2O2. The lowest BCUT2D eigenvalue weighted by atomic mass is 10.1. The molecule has 0 saturated carbocycles. The minimum Gasteiger partial charge on any atom is -0.342 e. The number of hydrogen-bond acceptors (Lipinski definition) is 2. The normalized spacial score (nSPS) is 24.6. The molecule has 1 aliphatic rings. The van der Waals surface area contributed by atoms with Gasteiger partial charge >= 0.3 is 0 Å². The zero-order valence-corrected chi connectivity index (χ0v) is 14.9. The summed E-state index contributed by atoms with van der Waals surface area (Å²) in [6, 6.07) is 15.6. The van der Waals surface area contributed by atoms with Crippen molar-refractivity contribution >= 4 is 39.1 Å². The van der Waals surface area contributed by atoms with Crippen LogP contribution in [-0.4, -0.2) is 18.0 Å². The molecule has 0 amide bonds. The van der Waals surface area contributed by atoms with E-state index in [2.05, 4.69) is 28.1 Å². The SMILES string of the molecule is Clc1ccc(C2(CBr)OCC(Cc3ccccc3)O2)c(Cl)c1. The fourth-order valence-corrected chi connectivity index (χ4v) is 3.77. The molecule has 2 unspecified atom stereocenters. The summed E-state index contributed by atoms with van der Waals surface area (Å²) < 4.78 is 12.2. The third kappa shape index (κ3) is 3.34. The van der Waals surface area contributed by atoms with E-state index in [0.29, 0.717) is 22.0 Å². The Morgan fingerprint density at radius 2 is 1.91 bits per heavy atom. The van der Waals surface area contributed by atoms with E-state index >= 15 is 0 Å². The lowest BCUT2D eigenvalue weighted by Crippen LogP contribution is -2.30. The number of halogens is 3. The molecule has 2 atom stereocenters. The number of benzene rings is 2. The van der Waals surface area contributed by atoms with Gasteiger partial charge in [0.2, 0.25) is 5.79 Å². The van der Waals surface area contributed by atoms with E-state index in [1.54, 1.807) is 12.1 Å². The quantitative estimate of drug-likeness (QED) is 0.655. The van der Waals surface area contributed by atoms with Crippen molar-refractivity contribution in [3.05, 3.63) is 69.7 Å². The van der Waals surface area contributed by atoms with E-state index < -0.39 is 5.79 Å². The van der Waals surface area contributed by atoms with Crippen LogP contribution in [0.1, 0.15) is 11.1 Å². The second kappa shape index (κ2) is 6.90. The van der Waals surface area contributed by atoms with E-state index in [1.165, 1.54) is 5.56 Å². The van der Waals surface area contributed by atoms with Crippen molar-refractivity contribution in [2.45, 2.75) is 18.3 Å². The van der Waals surface area contributed by atoms with Gasteiger partial charge in [-0.05, 0) is 17.7 Å². The monoisotopic (exact) mass is 400 g/mol. The van der Waals surface area contributed by atoms with E-state index in [1.807, 2.05) is 24.3 Å². The average Bonchev–Trinajstić information content (AvgIpc) is 2.92. The minimum absolute atomic E-state index is 0.00769. The summed E-state index contributed by atoms with van der Waals surface area (Å²) >= 11 is 15.8. The van der Waals surface area contributed by atoms with Gasteiger partial charge in [0.25, 0.3) is 0 Å². The zero-order valence-electron chi connectivity index (χ0n) is 11.8. The van der Waals surface area contributed by atoms with Crippen molar-refractivity contribution in [2.75, 3.05) is 11.9 Å². The molecule has 0 aromatic heterocycles. The highest BCUT2D eigenvalue weighted by molar-refractivity contribution is 9.09. The fraction of sp³-hybridized carbons (Fsp3) is 0.294. The Bertz CT molecular complexity index is 650. The van der Waals surface area contributed by atoms with Gasteiger partial charge in [0.15, 0.2) is 0 Å². The Balaban J connectivity index is 1.80. The first kappa shape index (κ1) is 16.3. The third-order valence-electron chi connectivity index (χ3n) is 3.68. The lowest BCUT2D eigenvalue weighted by molar-refractivity contribution is -0.156. The van der Waals surface area contributed by atoms with Crippen LogP contribution in [0, 0.1) is 0 Å². The number of ether oxygens (including phenoxy) is 2. The molecule has 5 heteroatoms. The summed E-state index contributed by atoms with van der Waals surface area (Å²) in [5, 5.41) is 1.65. The molecule has 0 aliphatic carbocycles. The molecule has 1 saturated heterocycles. The summed E-state index contributed by atoms with van der Waals surface area (Å²) in [7, 11) is 0. The summed E-state index contributed by atoms with van der Waals surface area (Å²) in [6.45, 7) is 0.527. The first-order valence-electron chi connectivity index (χ1n) is 7.00. The van der Waals surface area contributed by atoms with E-state index in [-0.39, 0.29) is 6.10 Å². The summed E-state index contributed by atoms with van der Waals surface area (Å²) in [6.07, 6.45) is 0.799. The Kier molecular flexibility index (Phi) is 5.10. The predicted molar refractivity (Wildman–Crippen MR) is 92.9 cm³/mol. The standard InChI is InChI=1S/C17H15BrCl2O2/c18-11-17(15-7-6-13(19)9-16(15)20)21-10-14(22-17)8-12-4-2-1-3-5-12/h1-7,9,14H,8,10-11H2. The molecule has 2 aromatic carbocycles. The van der Waals surface area contributed by atoms with Crippen LogP contribution < -0.4 is 0 Å². The number of hydrogen-bond donors (Lipinski definition) is 0. The van der Waals surface area contributed by atoms with Crippen molar-refractivity contribution in [1.29, 1.82) is 0 Å². The molecule has 0 radical (unpaired) electrons. The van der Waals surface area contributed by atoms with Crippen LogP contribution in [0.4, 0.5) is 0 Å². The van der Waals surface area contributed by atoms with Gasteiger partial charge < -0.3 is 9.47 Å². The maximum Gasteiger partial charge on any atom is 0.206 e. The molecule has 1 fully saturated rings. The Morgan fingerprint density at radius 3 is 2.59 bits per heavy atom. The highest BCUT2D eigenvalue weighted by atomic mass is 79.9. The smallest absolute Gasteiger partial charge is 0.206 e. The molecule has 0 spiro atoms. The largest absolute Gasteiger partial charge is 0.342 e. The van der Waals surface area contributed by atoms with Gasteiger partial charge in [-0.3, -0.25) is 0 Å². The molecule has 1 aliphatic heterocycles. The van der Waals surface area contributed by atoms with Gasteiger partial charge in [0, 0.05) is 17.0 Å². The average molecular weight is 402 g/mol. The molecule has 22 heavy (non-hydrogen) atoms. The van der Waals surface area contributed by atoms with Crippen LogP contribution in [0.5, 0.6) is 0 Å². The Labute approximate surface area is 148 Å². The maximum atomic E-state index is 6.32. The van der Waals surface area contributed by atoms with Crippen LogP contribution in [0.3, 0.4) is 0 Å². The van der Waals surface area contributed by atoms with Crippen molar-refractivity contribution in [3.63, 3.8) is 0 Å². The second-order valence-electron chi connectivity index (χ2n) is 5.25. The predicted octanol–water partition coefficient (Wildman–Crippen LogP) is 5.20. The zero-order chi connectivity index (χ0) is 15.6. The van der Waals surface area contributed by atoms with Crippen LogP contribution in [0.2, 0.25) is 10.0 Å². The van der Waals surface area contributed by atoms with Crippen molar-refractivity contribution < 1.29 is 9.47 Å². The van der Waals surface area contributed by atoms with Crippen LogP contribution >= 0.6 is 39.1 Å². The summed E-state index contributed by atoms with van der Waals surface area (Å²) in [4.78, 5) is 0. The van der Waals surface area contributed by atoms with Gasteiger partial charge in [0.05, 0.1) is 23.1 Å². The molecule has 116 valence electrons. The van der Waals surface area contributed by atoms with Gasteiger partial charge in [-0.25, -0.2) is 0 Å². The van der Waals surface area contributed by atoms with Crippen LogP contribution in [-0.2, 0) is 21.7 Å². The second-order valence-corrected chi connectivity index (χ2v) is 6.66. The fourth-order valence-electron chi connectivity index (χ4n) is 2.62. The molecular weight excluding hydrogens is 387 g/mol. The van der Waals surface area contributed by atoms with Gasteiger partial charge in [-0.15, -0.1) is 0 Å². The Hall–Kier alpha value is -0.580. The third-order valence-corrected chi connectivity index (χ3v) is 4.97. The number of alkyl halides is 1. The molecule has 0 N–H and O–H groups in total. The van der Waals surface area contributed by atoms with Crippen LogP contribution in [0.15, 0.2) is 48.5 Å². The molecule has 3 rings (SSSR count). The Morgan fingerprint density at radius 1 is 1.14 bits per heavy atom. The highest BCUT2D eigenvalue weighted by Crippen LogP contribution is 2.40.